The second-order valence-corrected chi connectivity index (χ2v) is 17.4. The SMILES string of the molecule is CC1(C)c2ccccc2N(c2c(-c3ccc4ccccc4c3)ccc3ccccc23)c2ccc(-c3ccc(N(c4ccc5ccccc5c4)c4cccc5ccccc45)cc3)cc21. The molecule has 2 heteroatoms. The number of rotatable bonds is 6. The van der Waals surface area contributed by atoms with Crippen molar-refractivity contribution in [1.29, 1.82) is 0 Å². The molecule has 0 saturated carbocycles. The van der Waals surface area contributed by atoms with E-state index >= 15 is 0 Å². The first kappa shape index (κ1) is 36.9. The van der Waals surface area contributed by atoms with Crippen molar-refractivity contribution < 1.29 is 0 Å². The van der Waals surface area contributed by atoms with Crippen molar-refractivity contribution in [3.63, 3.8) is 0 Å². The second-order valence-electron chi connectivity index (χ2n) is 17.4. The van der Waals surface area contributed by atoms with Crippen molar-refractivity contribution in [2.45, 2.75) is 19.3 Å². The van der Waals surface area contributed by atoms with Crippen molar-refractivity contribution in [3.8, 4) is 22.3 Å². The Morgan fingerprint density at radius 1 is 0.349 bits per heavy atom. The standard InChI is InChI=1S/C61H44N2/c1-61(2)55-23-11-12-24-58(55)63(60-53-22-10-8-17-45(53)31-36-54(60)49-27-26-41-14-3-5-18-46(41)38-49)59-37-32-48(40-56(59)61)43-28-33-50(34-29-43)62(51-35-30-42-15-4-6-19-47(42)39-51)57-25-13-20-44-16-7-9-21-52(44)57/h3-40H,1-2H3. The maximum Gasteiger partial charge on any atom is 0.0618 e. The Morgan fingerprint density at radius 2 is 0.889 bits per heavy atom. The summed E-state index contributed by atoms with van der Waals surface area (Å²) in [6.45, 7) is 4.77. The lowest BCUT2D eigenvalue weighted by Gasteiger charge is -2.43. The van der Waals surface area contributed by atoms with Gasteiger partial charge in [0.25, 0.3) is 0 Å². The first-order valence-corrected chi connectivity index (χ1v) is 21.9. The third-order valence-corrected chi connectivity index (χ3v) is 13.4. The van der Waals surface area contributed by atoms with E-state index in [9.17, 15) is 0 Å². The van der Waals surface area contributed by atoms with Crippen LogP contribution in [0.25, 0.3) is 65.3 Å². The number of anilines is 6. The number of hydrogen-bond acceptors (Lipinski definition) is 2. The van der Waals surface area contributed by atoms with E-state index in [1.165, 1.54) is 93.5 Å². The molecule has 0 bridgehead atoms. The smallest absolute Gasteiger partial charge is 0.0618 e. The molecule has 1 heterocycles. The van der Waals surface area contributed by atoms with Crippen LogP contribution >= 0.6 is 0 Å². The Kier molecular flexibility index (Phi) is 8.55. The molecular weight excluding hydrogens is 761 g/mol. The Morgan fingerprint density at radius 3 is 1.67 bits per heavy atom. The van der Waals surface area contributed by atoms with Crippen molar-refractivity contribution in [2.75, 3.05) is 9.80 Å². The van der Waals surface area contributed by atoms with Gasteiger partial charge in [-0.25, -0.2) is 0 Å². The first-order chi connectivity index (χ1) is 31.0. The summed E-state index contributed by atoms with van der Waals surface area (Å²) in [6.07, 6.45) is 0. The lowest BCUT2D eigenvalue weighted by atomic mass is 9.72. The summed E-state index contributed by atoms with van der Waals surface area (Å²) in [5.41, 5.74) is 14.2. The monoisotopic (exact) mass is 804 g/mol. The van der Waals surface area contributed by atoms with Crippen molar-refractivity contribution >= 4 is 77.2 Å². The molecule has 1 aliphatic rings. The summed E-state index contributed by atoms with van der Waals surface area (Å²) in [4.78, 5) is 4.95. The third kappa shape index (κ3) is 6.09. The molecule has 11 aromatic rings. The summed E-state index contributed by atoms with van der Waals surface area (Å²) in [5, 5.41) is 9.82. The molecule has 63 heavy (non-hydrogen) atoms. The molecule has 0 N–H and O–H groups in total. The summed E-state index contributed by atoms with van der Waals surface area (Å²) in [5.74, 6) is 0. The highest BCUT2D eigenvalue weighted by Crippen LogP contribution is 2.55. The van der Waals surface area contributed by atoms with E-state index in [-0.39, 0.29) is 5.41 Å². The van der Waals surface area contributed by atoms with Gasteiger partial charge >= 0.3 is 0 Å². The average Bonchev–Trinajstić information content (AvgIpc) is 3.34. The van der Waals surface area contributed by atoms with Crippen molar-refractivity contribution in [2.24, 2.45) is 0 Å². The van der Waals surface area contributed by atoms with Crippen LogP contribution < -0.4 is 9.80 Å². The van der Waals surface area contributed by atoms with Crippen LogP contribution in [0.15, 0.2) is 231 Å². The van der Waals surface area contributed by atoms with E-state index in [4.69, 9.17) is 0 Å². The van der Waals surface area contributed by atoms with E-state index in [0.717, 1.165) is 17.1 Å². The van der Waals surface area contributed by atoms with Crippen LogP contribution in [0.3, 0.4) is 0 Å². The van der Waals surface area contributed by atoms with Gasteiger partial charge in [-0.3, -0.25) is 0 Å². The highest BCUT2D eigenvalue weighted by molar-refractivity contribution is 6.08. The molecule has 0 aromatic heterocycles. The summed E-state index contributed by atoms with van der Waals surface area (Å²) < 4.78 is 0. The van der Waals surface area contributed by atoms with E-state index in [2.05, 4.69) is 254 Å². The van der Waals surface area contributed by atoms with Crippen LogP contribution in [-0.4, -0.2) is 0 Å². The normalized spacial score (nSPS) is 13.0. The molecule has 0 unspecified atom stereocenters. The van der Waals surface area contributed by atoms with Crippen molar-refractivity contribution in [1.82, 2.24) is 0 Å². The number of para-hydroxylation sites is 1. The molecule has 11 aromatic carbocycles. The maximum atomic E-state index is 2.54. The third-order valence-electron chi connectivity index (χ3n) is 13.4. The second kappa shape index (κ2) is 14.6. The Bertz CT molecular complexity index is 3560. The number of fused-ring (bicyclic) bond motifs is 6. The lowest BCUT2D eigenvalue weighted by molar-refractivity contribution is 0.632. The summed E-state index contributed by atoms with van der Waals surface area (Å²) in [6, 6.07) is 84.9. The predicted octanol–water partition coefficient (Wildman–Crippen LogP) is 17.2. The first-order valence-electron chi connectivity index (χ1n) is 21.9. The van der Waals surface area contributed by atoms with Gasteiger partial charge in [0.2, 0.25) is 0 Å². The molecule has 1 aliphatic heterocycles. The Hall–Kier alpha value is -7.94. The van der Waals surface area contributed by atoms with Gasteiger partial charge in [0.1, 0.15) is 0 Å². The Labute approximate surface area is 368 Å². The van der Waals surface area contributed by atoms with Crippen molar-refractivity contribution in [3.05, 3.63) is 242 Å². The van der Waals surface area contributed by atoms with E-state index in [1.54, 1.807) is 0 Å². The number of nitrogens with zero attached hydrogens (tertiary/aromatic N) is 2. The average molecular weight is 805 g/mol. The molecular formula is C61H44N2. The largest absolute Gasteiger partial charge is 0.310 e. The van der Waals surface area contributed by atoms with Gasteiger partial charge in [-0.1, -0.05) is 190 Å². The zero-order valence-electron chi connectivity index (χ0n) is 35.3. The molecule has 0 radical (unpaired) electrons. The van der Waals surface area contributed by atoms with E-state index in [1.807, 2.05) is 0 Å². The van der Waals surface area contributed by atoms with Gasteiger partial charge in [0, 0.05) is 33.1 Å². The van der Waals surface area contributed by atoms with Crippen LogP contribution in [0.4, 0.5) is 34.1 Å². The van der Waals surface area contributed by atoms with Gasteiger partial charge in [-0.2, -0.15) is 0 Å². The quantitative estimate of drug-likeness (QED) is 0.165. The highest BCUT2D eigenvalue weighted by atomic mass is 15.2. The Balaban J connectivity index is 1.01. The molecule has 298 valence electrons. The van der Waals surface area contributed by atoms with E-state index in [0.29, 0.717) is 0 Å². The van der Waals surface area contributed by atoms with Gasteiger partial charge in [-0.15, -0.1) is 0 Å². The zero-order chi connectivity index (χ0) is 42.1. The topological polar surface area (TPSA) is 6.48 Å². The fourth-order valence-electron chi connectivity index (χ4n) is 10.2. The summed E-state index contributed by atoms with van der Waals surface area (Å²) >= 11 is 0. The van der Waals surface area contributed by atoms with Crippen LogP contribution in [0.5, 0.6) is 0 Å². The van der Waals surface area contributed by atoms with Gasteiger partial charge in [0.15, 0.2) is 0 Å². The lowest BCUT2D eigenvalue weighted by Crippen LogP contribution is -2.31. The molecule has 2 nitrogen and oxygen atoms in total. The minimum Gasteiger partial charge on any atom is -0.310 e. The zero-order valence-corrected chi connectivity index (χ0v) is 35.3. The molecule has 0 saturated heterocycles. The fourth-order valence-corrected chi connectivity index (χ4v) is 10.2. The number of benzene rings is 11. The van der Waals surface area contributed by atoms with E-state index < -0.39 is 0 Å². The highest BCUT2D eigenvalue weighted by Gasteiger charge is 2.38. The van der Waals surface area contributed by atoms with Gasteiger partial charge in [-0.05, 0) is 115 Å². The molecule has 0 spiro atoms. The molecule has 0 aliphatic carbocycles. The predicted molar refractivity (Wildman–Crippen MR) is 269 cm³/mol. The van der Waals surface area contributed by atoms with Gasteiger partial charge in [0.05, 0.1) is 22.7 Å². The van der Waals surface area contributed by atoms with Gasteiger partial charge < -0.3 is 9.80 Å². The van der Waals surface area contributed by atoms with Crippen LogP contribution in [-0.2, 0) is 5.41 Å². The maximum absolute atomic E-state index is 2.54. The minimum atomic E-state index is -0.257. The number of hydrogen-bond donors (Lipinski definition) is 0. The molecule has 12 rings (SSSR count). The molecule has 0 fully saturated rings. The molecule has 0 atom stereocenters. The van der Waals surface area contributed by atoms with Crippen LogP contribution in [0, 0.1) is 0 Å². The van der Waals surface area contributed by atoms with Crippen LogP contribution in [0.2, 0.25) is 0 Å². The summed E-state index contributed by atoms with van der Waals surface area (Å²) in [7, 11) is 0. The minimum absolute atomic E-state index is 0.257. The van der Waals surface area contributed by atoms with Crippen LogP contribution in [0.1, 0.15) is 25.0 Å². The fraction of sp³-hybridized carbons (Fsp3) is 0.0492. The molecule has 0 amide bonds.